The molecule has 5 rings (SSSR count). The van der Waals surface area contributed by atoms with Crippen LogP contribution < -0.4 is 5.32 Å². The Bertz CT molecular complexity index is 567. The van der Waals surface area contributed by atoms with Gasteiger partial charge in [-0.25, -0.2) is 0 Å². The fraction of sp³-hybridized carbons (Fsp3) is 0.100. The standard InChI is InChI=1S/C8H9N.3C4H5N.B/c1-2-4-8-6-9-5-7(8)3-1;3*1-2-4-5-3-1;/h1-4,9H,5-6H2;3*1-5H;. The molecule has 1 aliphatic rings. The largest absolute Gasteiger partial charge is 0.368 e. The van der Waals surface area contributed by atoms with Gasteiger partial charge in [-0.2, -0.15) is 0 Å². The number of hydrogen-bond acceptors (Lipinski definition) is 1. The zero-order valence-electron chi connectivity index (χ0n) is 14.2. The molecule has 0 aliphatic carbocycles. The monoisotopic (exact) mass is 331 g/mol. The Hall–Kier alpha value is -2.92. The van der Waals surface area contributed by atoms with Gasteiger partial charge in [-0.3, -0.25) is 0 Å². The van der Waals surface area contributed by atoms with Crippen LogP contribution in [0.25, 0.3) is 0 Å². The van der Waals surface area contributed by atoms with Crippen LogP contribution in [0.1, 0.15) is 11.1 Å². The highest BCUT2D eigenvalue weighted by molar-refractivity contribution is 5.75. The van der Waals surface area contributed by atoms with Gasteiger partial charge < -0.3 is 20.3 Å². The minimum atomic E-state index is 0. The summed E-state index contributed by atoms with van der Waals surface area (Å²) in [7, 11) is 0. The average molecular weight is 331 g/mol. The molecule has 0 atom stereocenters. The summed E-state index contributed by atoms with van der Waals surface area (Å²) < 4.78 is 0. The van der Waals surface area contributed by atoms with Gasteiger partial charge in [0.1, 0.15) is 0 Å². The molecule has 25 heavy (non-hydrogen) atoms. The highest BCUT2D eigenvalue weighted by Gasteiger charge is 2.06. The van der Waals surface area contributed by atoms with Crippen molar-refractivity contribution in [1.82, 2.24) is 20.3 Å². The minimum Gasteiger partial charge on any atom is -0.368 e. The maximum absolute atomic E-state index is 3.29. The molecule has 4 N–H and O–H groups in total. The molecule has 4 heterocycles. The molecule has 3 radical (unpaired) electrons. The second kappa shape index (κ2) is 13.5. The first-order valence-electron chi connectivity index (χ1n) is 7.97. The summed E-state index contributed by atoms with van der Waals surface area (Å²) in [6.07, 6.45) is 11.2. The first-order chi connectivity index (χ1) is 12.0. The normalized spacial score (nSPS) is 10.4. The van der Waals surface area contributed by atoms with E-state index in [-0.39, 0.29) is 8.41 Å². The van der Waals surface area contributed by atoms with E-state index in [1.54, 1.807) is 0 Å². The van der Waals surface area contributed by atoms with Crippen LogP contribution in [-0.2, 0) is 13.1 Å². The Morgan fingerprint density at radius 2 is 0.800 bits per heavy atom. The molecule has 0 bridgehead atoms. The molecule has 0 spiro atoms. The van der Waals surface area contributed by atoms with Crippen molar-refractivity contribution < 1.29 is 0 Å². The summed E-state index contributed by atoms with van der Waals surface area (Å²) in [6.45, 7) is 2.10. The van der Waals surface area contributed by atoms with Gasteiger partial charge >= 0.3 is 0 Å². The second-order valence-corrected chi connectivity index (χ2v) is 5.03. The van der Waals surface area contributed by atoms with E-state index in [0.717, 1.165) is 13.1 Å². The topological polar surface area (TPSA) is 59.4 Å². The summed E-state index contributed by atoms with van der Waals surface area (Å²) in [5, 5.41) is 3.29. The van der Waals surface area contributed by atoms with E-state index < -0.39 is 0 Å². The highest BCUT2D eigenvalue weighted by Crippen LogP contribution is 2.12. The van der Waals surface area contributed by atoms with Crippen molar-refractivity contribution in [2.45, 2.75) is 13.1 Å². The molecule has 1 aliphatic heterocycles. The van der Waals surface area contributed by atoms with Crippen LogP contribution in [0.2, 0.25) is 0 Å². The number of aromatic amines is 3. The smallest absolute Gasteiger partial charge is 0.0211 e. The summed E-state index contributed by atoms with van der Waals surface area (Å²) in [4.78, 5) is 8.58. The molecular formula is C20H24BN4. The molecule has 0 unspecified atom stereocenters. The van der Waals surface area contributed by atoms with E-state index in [9.17, 15) is 0 Å². The van der Waals surface area contributed by atoms with E-state index in [1.165, 1.54) is 11.1 Å². The summed E-state index contributed by atoms with van der Waals surface area (Å²) in [5.41, 5.74) is 2.91. The number of aromatic nitrogens is 3. The molecule has 4 aromatic rings. The van der Waals surface area contributed by atoms with Gasteiger partial charge in [-0.1, -0.05) is 24.3 Å². The first kappa shape index (κ1) is 20.1. The SMILES string of the molecule is [B].c1cc[nH]c1.c1cc[nH]c1.c1cc[nH]c1.c1ccc2c(c1)CNC2. The number of benzene rings is 1. The summed E-state index contributed by atoms with van der Waals surface area (Å²) in [6, 6.07) is 20.2. The van der Waals surface area contributed by atoms with Gasteiger partial charge in [-0.05, 0) is 47.5 Å². The van der Waals surface area contributed by atoms with E-state index in [2.05, 4.69) is 44.5 Å². The molecule has 4 nitrogen and oxygen atoms in total. The van der Waals surface area contributed by atoms with Gasteiger partial charge in [0, 0.05) is 58.7 Å². The molecule has 0 saturated carbocycles. The number of fused-ring (bicyclic) bond motifs is 1. The molecule has 0 amide bonds. The van der Waals surface area contributed by atoms with Gasteiger partial charge in [0.25, 0.3) is 0 Å². The van der Waals surface area contributed by atoms with Crippen LogP contribution in [0, 0.1) is 0 Å². The van der Waals surface area contributed by atoms with Crippen LogP contribution >= 0.6 is 0 Å². The molecule has 0 saturated heterocycles. The van der Waals surface area contributed by atoms with E-state index >= 15 is 0 Å². The Morgan fingerprint density at radius 3 is 1.04 bits per heavy atom. The van der Waals surface area contributed by atoms with Crippen molar-refractivity contribution in [1.29, 1.82) is 0 Å². The fourth-order valence-corrected chi connectivity index (χ4v) is 2.07. The quantitative estimate of drug-likeness (QED) is 0.362. The average Bonchev–Trinajstić information content (AvgIpc) is 3.48. The third-order valence-corrected chi connectivity index (χ3v) is 3.24. The van der Waals surface area contributed by atoms with Gasteiger partial charge in [-0.15, -0.1) is 0 Å². The lowest BCUT2D eigenvalue weighted by Crippen LogP contribution is -1.99. The van der Waals surface area contributed by atoms with Crippen LogP contribution in [0.15, 0.2) is 97.8 Å². The predicted octanol–water partition coefficient (Wildman–Crippen LogP) is 3.95. The zero-order valence-corrected chi connectivity index (χ0v) is 14.2. The predicted molar refractivity (Wildman–Crippen MR) is 105 cm³/mol. The number of rotatable bonds is 0. The second-order valence-electron chi connectivity index (χ2n) is 5.03. The van der Waals surface area contributed by atoms with Gasteiger partial charge in [0.2, 0.25) is 0 Å². The maximum Gasteiger partial charge on any atom is 0.0211 e. The number of nitrogens with one attached hydrogen (secondary N) is 4. The maximum atomic E-state index is 3.29. The van der Waals surface area contributed by atoms with Crippen molar-refractivity contribution in [3.8, 4) is 0 Å². The number of H-pyrrole nitrogens is 3. The fourth-order valence-electron chi connectivity index (χ4n) is 2.07. The van der Waals surface area contributed by atoms with E-state index in [0.29, 0.717) is 0 Å². The Kier molecular flexibility index (Phi) is 10.9. The van der Waals surface area contributed by atoms with Crippen molar-refractivity contribution >= 4 is 8.41 Å². The lowest BCUT2D eigenvalue weighted by atomic mass is 10.1. The molecule has 5 heteroatoms. The Balaban J connectivity index is 0.000000172. The van der Waals surface area contributed by atoms with Crippen molar-refractivity contribution in [2.75, 3.05) is 0 Å². The van der Waals surface area contributed by atoms with Crippen molar-refractivity contribution in [3.63, 3.8) is 0 Å². The molecule has 1 aromatic carbocycles. The van der Waals surface area contributed by atoms with Crippen LogP contribution in [0.4, 0.5) is 0 Å². The Labute approximate surface area is 151 Å². The lowest BCUT2D eigenvalue weighted by Gasteiger charge is -1.91. The summed E-state index contributed by atoms with van der Waals surface area (Å²) >= 11 is 0. The van der Waals surface area contributed by atoms with E-state index in [1.807, 2.05) is 73.6 Å². The van der Waals surface area contributed by atoms with Crippen LogP contribution in [0.5, 0.6) is 0 Å². The highest BCUT2D eigenvalue weighted by atomic mass is 14.9. The zero-order chi connectivity index (χ0) is 16.7. The third-order valence-electron chi connectivity index (χ3n) is 3.24. The van der Waals surface area contributed by atoms with E-state index in [4.69, 9.17) is 0 Å². The molecule has 127 valence electrons. The van der Waals surface area contributed by atoms with Gasteiger partial charge in [0.15, 0.2) is 0 Å². The molecule has 0 fully saturated rings. The first-order valence-corrected chi connectivity index (χ1v) is 7.97. The molecular weight excluding hydrogens is 307 g/mol. The van der Waals surface area contributed by atoms with Crippen LogP contribution in [0.3, 0.4) is 0 Å². The van der Waals surface area contributed by atoms with Gasteiger partial charge in [0.05, 0.1) is 0 Å². The van der Waals surface area contributed by atoms with Crippen molar-refractivity contribution in [3.05, 3.63) is 109 Å². The lowest BCUT2D eigenvalue weighted by molar-refractivity contribution is 0.765. The minimum absolute atomic E-state index is 0. The number of hydrogen-bond donors (Lipinski definition) is 4. The Morgan fingerprint density at radius 1 is 0.480 bits per heavy atom. The molecule has 3 aromatic heterocycles. The van der Waals surface area contributed by atoms with Crippen molar-refractivity contribution in [2.24, 2.45) is 0 Å². The summed E-state index contributed by atoms with van der Waals surface area (Å²) in [5.74, 6) is 0. The third kappa shape index (κ3) is 9.08. The van der Waals surface area contributed by atoms with Crippen LogP contribution in [-0.4, -0.2) is 23.4 Å².